The van der Waals surface area contributed by atoms with Gasteiger partial charge in [0.25, 0.3) is 0 Å². The molecule has 0 saturated heterocycles. The highest BCUT2D eigenvalue weighted by Crippen LogP contribution is 2.30. The summed E-state index contributed by atoms with van der Waals surface area (Å²) in [5.74, 6) is 0.809. The van der Waals surface area contributed by atoms with Gasteiger partial charge in [0.15, 0.2) is 0 Å². The van der Waals surface area contributed by atoms with Gasteiger partial charge in [-0.15, -0.1) is 0 Å². The maximum Gasteiger partial charge on any atom is 0.413 e. The molecule has 0 saturated carbocycles. The SMILES string of the molecule is CCC.CCC(c1cccc(OC(=O)NCC(=O)OC(C)(C)C)c1)C(C)CN(C)C.S.[HH]. The maximum atomic E-state index is 12.0. The van der Waals surface area contributed by atoms with Crippen LogP contribution in [0.3, 0.4) is 0 Å². The maximum absolute atomic E-state index is 12.0. The fourth-order valence-corrected chi connectivity index (χ4v) is 3.14. The molecular formula is C24H46N2O4S. The van der Waals surface area contributed by atoms with Crippen LogP contribution in [0.5, 0.6) is 5.75 Å². The smallest absolute Gasteiger partial charge is 0.413 e. The third kappa shape index (κ3) is 14.8. The number of nitrogens with one attached hydrogen (secondary N) is 1. The second kappa shape index (κ2) is 16.0. The fraction of sp³-hybridized carbons (Fsp3) is 0.667. The number of rotatable bonds is 8. The van der Waals surface area contributed by atoms with E-state index in [-0.39, 0.29) is 21.5 Å². The number of ether oxygens (including phenoxy) is 2. The van der Waals surface area contributed by atoms with Gasteiger partial charge in [0.2, 0.25) is 0 Å². The fourth-order valence-electron chi connectivity index (χ4n) is 3.14. The molecular weight excluding hydrogens is 412 g/mol. The lowest BCUT2D eigenvalue weighted by molar-refractivity contribution is -0.153. The van der Waals surface area contributed by atoms with Crippen LogP contribution >= 0.6 is 13.5 Å². The third-order valence-corrected chi connectivity index (χ3v) is 4.07. The van der Waals surface area contributed by atoms with E-state index < -0.39 is 17.7 Å². The van der Waals surface area contributed by atoms with Crippen molar-refractivity contribution in [1.82, 2.24) is 10.2 Å². The molecule has 7 heteroatoms. The molecule has 0 spiro atoms. The molecule has 182 valence electrons. The minimum absolute atomic E-state index is 0. The van der Waals surface area contributed by atoms with Gasteiger partial charge in [-0.1, -0.05) is 46.2 Å². The predicted octanol–water partition coefficient (Wildman–Crippen LogP) is 5.58. The Labute approximate surface area is 198 Å². The van der Waals surface area contributed by atoms with E-state index in [9.17, 15) is 9.59 Å². The molecule has 1 aromatic rings. The molecule has 0 bridgehead atoms. The Hall–Kier alpha value is -1.73. The van der Waals surface area contributed by atoms with Crippen molar-refractivity contribution in [2.45, 2.75) is 72.8 Å². The van der Waals surface area contributed by atoms with Gasteiger partial charge in [-0.05, 0) is 70.8 Å². The first-order chi connectivity index (χ1) is 13.9. The summed E-state index contributed by atoms with van der Waals surface area (Å²) in [4.78, 5) is 25.8. The van der Waals surface area contributed by atoms with Crippen LogP contribution in [-0.2, 0) is 9.53 Å². The summed E-state index contributed by atoms with van der Waals surface area (Å²) in [5, 5.41) is 2.42. The molecule has 0 aromatic heterocycles. The molecule has 0 radical (unpaired) electrons. The van der Waals surface area contributed by atoms with E-state index in [0.29, 0.717) is 17.6 Å². The molecule has 31 heavy (non-hydrogen) atoms. The number of hydrogen-bond acceptors (Lipinski definition) is 5. The normalized spacial score (nSPS) is 12.6. The molecule has 2 unspecified atom stereocenters. The average molecular weight is 459 g/mol. The summed E-state index contributed by atoms with van der Waals surface area (Å²) >= 11 is 0. The van der Waals surface area contributed by atoms with Crippen molar-refractivity contribution in [1.29, 1.82) is 0 Å². The summed E-state index contributed by atoms with van der Waals surface area (Å²) < 4.78 is 10.5. The van der Waals surface area contributed by atoms with Crippen LogP contribution in [0.25, 0.3) is 0 Å². The monoisotopic (exact) mass is 458 g/mol. The van der Waals surface area contributed by atoms with Crippen LogP contribution in [0.15, 0.2) is 24.3 Å². The standard InChI is InChI=1S/C21H34N2O4.C3H8.H2S.H2/c1-8-18(15(2)14-23(6)7)16-10-9-11-17(12-16)26-20(25)22-13-19(24)27-21(3,4)5;1-3-2;;/h9-12,15,18H,8,13-14H2,1-7H3,(H,22,25);3H2,1-2H3;1H2;1H. The molecule has 0 aliphatic carbocycles. The highest BCUT2D eigenvalue weighted by atomic mass is 32.1. The first kappa shape index (κ1) is 31.5. The first-order valence-electron chi connectivity index (χ1n) is 10.9. The molecule has 0 aliphatic heterocycles. The summed E-state index contributed by atoms with van der Waals surface area (Å²) in [7, 11) is 4.13. The van der Waals surface area contributed by atoms with Crippen LogP contribution in [0.1, 0.15) is 74.2 Å². The van der Waals surface area contributed by atoms with Gasteiger partial charge in [-0.25, -0.2) is 4.79 Å². The van der Waals surface area contributed by atoms with Gasteiger partial charge in [0.1, 0.15) is 17.9 Å². The average Bonchev–Trinajstić information content (AvgIpc) is 2.59. The molecule has 1 N–H and O–H groups in total. The number of amides is 1. The van der Waals surface area contributed by atoms with E-state index in [1.165, 1.54) is 6.42 Å². The van der Waals surface area contributed by atoms with Crippen molar-refractivity contribution in [3.05, 3.63) is 29.8 Å². The summed E-state index contributed by atoms with van der Waals surface area (Å²) in [5.41, 5.74) is 0.555. The minimum atomic E-state index is -0.674. The molecule has 1 amide bonds. The predicted molar refractivity (Wildman–Crippen MR) is 136 cm³/mol. The number of carbonyl (C=O) groups is 2. The Bertz CT molecular complexity index is 651. The Morgan fingerprint density at radius 3 is 2.23 bits per heavy atom. The van der Waals surface area contributed by atoms with E-state index >= 15 is 0 Å². The highest BCUT2D eigenvalue weighted by molar-refractivity contribution is 7.59. The van der Waals surface area contributed by atoms with Crippen molar-refractivity contribution in [3.63, 3.8) is 0 Å². The number of benzene rings is 1. The summed E-state index contributed by atoms with van der Waals surface area (Å²) in [6.07, 6.45) is 1.58. The molecule has 0 aliphatic rings. The minimum Gasteiger partial charge on any atom is -0.459 e. The van der Waals surface area contributed by atoms with E-state index in [2.05, 4.69) is 58.1 Å². The summed E-state index contributed by atoms with van der Waals surface area (Å²) in [6, 6.07) is 7.58. The molecule has 6 nitrogen and oxygen atoms in total. The van der Waals surface area contributed by atoms with Crippen LogP contribution in [-0.4, -0.2) is 49.7 Å². The second-order valence-corrected chi connectivity index (χ2v) is 8.86. The van der Waals surface area contributed by atoms with Gasteiger partial charge in [-0.2, -0.15) is 13.5 Å². The number of esters is 1. The number of nitrogens with zero attached hydrogens (tertiary/aromatic N) is 1. The Morgan fingerprint density at radius 1 is 1.16 bits per heavy atom. The quantitative estimate of drug-likeness (QED) is 0.515. The highest BCUT2D eigenvalue weighted by Gasteiger charge is 2.20. The van der Waals surface area contributed by atoms with Crippen LogP contribution in [0.2, 0.25) is 0 Å². The van der Waals surface area contributed by atoms with Crippen molar-refractivity contribution in [2.75, 3.05) is 27.2 Å². The van der Waals surface area contributed by atoms with Crippen LogP contribution < -0.4 is 10.1 Å². The second-order valence-electron chi connectivity index (χ2n) is 8.86. The summed E-state index contributed by atoms with van der Waals surface area (Å²) in [6.45, 7) is 14.7. The zero-order valence-corrected chi connectivity index (χ0v) is 21.9. The Kier molecular flexibility index (Phi) is 16.2. The van der Waals surface area contributed by atoms with Crippen molar-refractivity contribution in [3.8, 4) is 5.75 Å². The van der Waals surface area contributed by atoms with E-state index in [1.54, 1.807) is 26.8 Å². The lowest BCUT2D eigenvalue weighted by atomic mass is 9.85. The lowest BCUT2D eigenvalue weighted by Gasteiger charge is -2.26. The lowest BCUT2D eigenvalue weighted by Crippen LogP contribution is -2.36. The van der Waals surface area contributed by atoms with Crippen molar-refractivity contribution < 1.29 is 20.5 Å². The number of hydrogen-bond donors (Lipinski definition) is 1. The van der Waals surface area contributed by atoms with Gasteiger partial charge < -0.3 is 19.7 Å². The molecule has 1 rings (SSSR count). The Morgan fingerprint density at radius 2 is 1.74 bits per heavy atom. The largest absolute Gasteiger partial charge is 0.459 e. The Balaban J connectivity index is -0.00000159. The van der Waals surface area contributed by atoms with E-state index in [4.69, 9.17) is 9.47 Å². The van der Waals surface area contributed by atoms with Crippen molar-refractivity contribution >= 4 is 25.6 Å². The number of carbonyl (C=O) groups excluding carboxylic acids is 2. The van der Waals surface area contributed by atoms with Gasteiger partial charge in [0.05, 0.1) is 0 Å². The third-order valence-electron chi connectivity index (χ3n) is 4.07. The molecule has 1 aromatic carbocycles. The van der Waals surface area contributed by atoms with Gasteiger partial charge in [0, 0.05) is 7.97 Å². The van der Waals surface area contributed by atoms with Crippen LogP contribution in [0.4, 0.5) is 4.79 Å². The molecule has 0 fully saturated rings. The zero-order valence-electron chi connectivity index (χ0n) is 20.9. The van der Waals surface area contributed by atoms with Gasteiger partial charge >= 0.3 is 12.1 Å². The zero-order chi connectivity index (χ0) is 23.3. The van der Waals surface area contributed by atoms with Crippen molar-refractivity contribution in [2.24, 2.45) is 5.92 Å². The molecule has 0 heterocycles. The first-order valence-corrected chi connectivity index (χ1v) is 10.9. The topological polar surface area (TPSA) is 67.9 Å². The van der Waals surface area contributed by atoms with E-state index in [0.717, 1.165) is 18.5 Å². The van der Waals surface area contributed by atoms with Gasteiger partial charge in [-0.3, -0.25) is 4.79 Å². The van der Waals surface area contributed by atoms with E-state index in [1.807, 2.05) is 12.1 Å². The van der Waals surface area contributed by atoms with Crippen LogP contribution in [0, 0.1) is 5.92 Å². The molecule has 2 atom stereocenters.